The summed E-state index contributed by atoms with van der Waals surface area (Å²) in [6.45, 7) is 5.18. The SMILES string of the molecule is CCNc1cc(C2CC2)nc(CSCC)n1. The molecule has 1 aliphatic carbocycles. The maximum absolute atomic E-state index is 4.64. The largest absolute Gasteiger partial charge is 0.370 e. The lowest BCUT2D eigenvalue weighted by atomic mass is 10.2. The summed E-state index contributed by atoms with van der Waals surface area (Å²) in [5.41, 5.74) is 1.23. The van der Waals surface area contributed by atoms with Gasteiger partial charge in [-0.05, 0) is 25.5 Å². The first kappa shape index (κ1) is 11.7. The van der Waals surface area contributed by atoms with Gasteiger partial charge in [0.1, 0.15) is 11.6 Å². The summed E-state index contributed by atoms with van der Waals surface area (Å²) in [5.74, 6) is 4.72. The van der Waals surface area contributed by atoms with E-state index in [4.69, 9.17) is 0 Å². The summed E-state index contributed by atoms with van der Waals surface area (Å²) < 4.78 is 0. The Morgan fingerprint density at radius 1 is 1.38 bits per heavy atom. The first-order valence-corrected chi connectivity index (χ1v) is 7.18. The summed E-state index contributed by atoms with van der Waals surface area (Å²) in [7, 11) is 0. The maximum Gasteiger partial charge on any atom is 0.140 e. The molecule has 0 radical (unpaired) electrons. The van der Waals surface area contributed by atoms with Gasteiger partial charge in [0.15, 0.2) is 0 Å². The van der Waals surface area contributed by atoms with E-state index in [9.17, 15) is 0 Å². The zero-order valence-corrected chi connectivity index (χ0v) is 10.8. The molecule has 1 aliphatic rings. The van der Waals surface area contributed by atoms with E-state index < -0.39 is 0 Å². The van der Waals surface area contributed by atoms with E-state index in [1.54, 1.807) is 0 Å². The number of hydrogen-bond acceptors (Lipinski definition) is 4. The van der Waals surface area contributed by atoms with Crippen LogP contribution in [0, 0.1) is 0 Å². The third-order valence-electron chi connectivity index (χ3n) is 2.58. The summed E-state index contributed by atoms with van der Waals surface area (Å²) in [4.78, 5) is 9.17. The lowest BCUT2D eigenvalue weighted by Crippen LogP contribution is -2.05. The molecular weight excluding hydrogens is 218 g/mol. The molecule has 0 saturated heterocycles. The van der Waals surface area contributed by atoms with Crippen molar-refractivity contribution in [1.29, 1.82) is 0 Å². The number of nitrogens with zero attached hydrogens (tertiary/aromatic N) is 2. The summed E-state index contributed by atoms with van der Waals surface area (Å²) >= 11 is 1.88. The molecule has 88 valence electrons. The molecule has 16 heavy (non-hydrogen) atoms. The first-order chi connectivity index (χ1) is 7.83. The van der Waals surface area contributed by atoms with E-state index in [0.717, 1.165) is 29.7 Å². The van der Waals surface area contributed by atoms with Gasteiger partial charge in [0.25, 0.3) is 0 Å². The van der Waals surface area contributed by atoms with Gasteiger partial charge in [-0.1, -0.05) is 6.92 Å². The Hall–Kier alpha value is -0.770. The minimum absolute atomic E-state index is 0.700. The molecule has 1 N–H and O–H groups in total. The number of thioether (sulfide) groups is 1. The summed E-state index contributed by atoms with van der Waals surface area (Å²) in [6.07, 6.45) is 2.59. The highest BCUT2D eigenvalue weighted by molar-refractivity contribution is 7.98. The lowest BCUT2D eigenvalue weighted by Gasteiger charge is -2.07. The molecule has 1 heterocycles. The minimum atomic E-state index is 0.700. The first-order valence-electron chi connectivity index (χ1n) is 6.03. The van der Waals surface area contributed by atoms with Crippen LogP contribution in [0.2, 0.25) is 0 Å². The van der Waals surface area contributed by atoms with E-state index in [1.807, 2.05) is 11.8 Å². The van der Waals surface area contributed by atoms with Gasteiger partial charge in [0.05, 0.1) is 5.75 Å². The molecule has 0 aromatic carbocycles. The monoisotopic (exact) mass is 237 g/mol. The fraction of sp³-hybridized carbons (Fsp3) is 0.667. The van der Waals surface area contributed by atoms with Gasteiger partial charge in [-0.2, -0.15) is 11.8 Å². The number of rotatable bonds is 6. The predicted octanol–water partition coefficient (Wildman–Crippen LogP) is 3.04. The molecular formula is C12H19N3S. The van der Waals surface area contributed by atoms with Crippen LogP contribution in [0.1, 0.15) is 44.1 Å². The topological polar surface area (TPSA) is 37.8 Å². The van der Waals surface area contributed by atoms with Crippen LogP contribution in [0.15, 0.2) is 6.07 Å². The number of hydrogen-bond donors (Lipinski definition) is 1. The van der Waals surface area contributed by atoms with Crippen molar-refractivity contribution >= 4 is 17.6 Å². The molecule has 0 unspecified atom stereocenters. The van der Waals surface area contributed by atoms with Crippen molar-refractivity contribution in [2.24, 2.45) is 0 Å². The number of aromatic nitrogens is 2. The van der Waals surface area contributed by atoms with Crippen molar-refractivity contribution in [3.05, 3.63) is 17.6 Å². The van der Waals surface area contributed by atoms with Crippen molar-refractivity contribution in [1.82, 2.24) is 9.97 Å². The Balaban J connectivity index is 2.14. The quantitative estimate of drug-likeness (QED) is 0.825. The zero-order chi connectivity index (χ0) is 11.4. The highest BCUT2D eigenvalue weighted by Gasteiger charge is 2.26. The third-order valence-corrected chi connectivity index (χ3v) is 3.45. The van der Waals surface area contributed by atoms with Crippen LogP contribution in [0.3, 0.4) is 0 Å². The molecule has 0 bridgehead atoms. The molecule has 0 spiro atoms. The molecule has 1 aromatic heterocycles. The molecule has 1 aromatic rings. The van der Waals surface area contributed by atoms with Crippen molar-refractivity contribution in [2.75, 3.05) is 17.6 Å². The molecule has 0 aliphatic heterocycles. The van der Waals surface area contributed by atoms with Crippen LogP contribution < -0.4 is 5.32 Å². The highest BCUT2D eigenvalue weighted by atomic mass is 32.2. The van der Waals surface area contributed by atoms with E-state index in [-0.39, 0.29) is 0 Å². The minimum Gasteiger partial charge on any atom is -0.370 e. The Morgan fingerprint density at radius 2 is 2.19 bits per heavy atom. The Bertz CT molecular complexity index is 350. The molecule has 3 nitrogen and oxygen atoms in total. The molecule has 2 rings (SSSR count). The van der Waals surface area contributed by atoms with Crippen molar-refractivity contribution < 1.29 is 0 Å². The van der Waals surface area contributed by atoms with Gasteiger partial charge >= 0.3 is 0 Å². The average Bonchev–Trinajstić information content (AvgIpc) is 3.10. The average molecular weight is 237 g/mol. The highest BCUT2D eigenvalue weighted by Crippen LogP contribution is 2.39. The molecule has 0 atom stereocenters. The predicted molar refractivity (Wildman–Crippen MR) is 70.0 cm³/mol. The normalized spacial score (nSPS) is 15.1. The molecule has 1 saturated carbocycles. The van der Waals surface area contributed by atoms with Crippen LogP contribution in [0.4, 0.5) is 5.82 Å². The van der Waals surface area contributed by atoms with Crippen LogP contribution in [0.25, 0.3) is 0 Å². The van der Waals surface area contributed by atoms with Crippen molar-refractivity contribution in [2.45, 2.75) is 38.4 Å². The zero-order valence-electron chi connectivity index (χ0n) is 9.99. The Morgan fingerprint density at radius 3 is 2.81 bits per heavy atom. The van der Waals surface area contributed by atoms with Gasteiger partial charge in [0.2, 0.25) is 0 Å². The smallest absolute Gasteiger partial charge is 0.140 e. The van der Waals surface area contributed by atoms with Crippen molar-refractivity contribution in [3.8, 4) is 0 Å². The van der Waals surface area contributed by atoms with E-state index in [1.165, 1.54) is 18.5 Å². The Kier molecular flexibility index (Phi) is 4.04. The van der Waals surface area contributed by atoms with Gasteiger partial charge in [-0.25, -0.2) is 9.97 Å². The molecule has 4 heteroatoms. The van der Waals surface area contributed by atoms with E-state index in [2.05, 4.69) is 35.2 Å². The van der Waals surface area contributed by atoms with Crippen LogP contribution >= 0.6 is 11.8 Å². The lowest BCUT2D eigenvalue weighted by molar-refractivity contribution is 0.928. The standard InChI is InChI=1S/C12H19N3S/c1-3-13-11-7-10(9-5-6-9)14-12(15-11)8-16-4-2/h7,9H,3-6,8H2,1-2H3,(H,13,14,15). The van der Waals surface area contributed by atoms with Gasteiger partial charge < -0.3 is 5.32 Å². The van der Waals surface area contributed by atoms with Crippen molar-refractivity contribution in [3.63, 3.8) is 0 Å². The van der Waals surface area contributed by atoms with Gasteiger partial charge in [-0.15, -0.1) is 0 Å². The number of nitrogens with one attached hydrogen (secondary N) is 1. The van der Waals surface area contributed by atoms with Crippen LogP contribution in [-0.2, 0) is 5.75 Å². The van der Waals surface area contributed by atoms with E-state index >= 15 is 0 Å². The second-order valence-corrected chi connectivity index (χ2v) is 5.31. The molecule has 0 amide bonds. The second kappa shape index (κ2) is 5.53. The Labute approximate surface area is 101 Å². The second-order valence-electron chi connectivity index (χ2n) is 4.04. The fourth-order valence-electron chi connectivity index (χ4n) is 1.64. The van der Waals surface area contributed by atoms with E-state index in [0.29, 0.717) is 5.92 Å². The number of anilines is 1. The van der Waals surface area contributed by atoms with Crippen LogP contribution in [0.5, 0.6) is 0 Å². The summed E-state index contributed by atoms with van der Waals surface area (Å²) in [5, 5.41) is 3.29. The van der Waals surface area contributed by atoms with Gasteiger partial charge in [-0.3, -0.25) is 0 Å². The summed E-state index contributed by atoms with van der Waals surface area (Å²) in [6, 6.07) is 2.11. The van der Waals surface area contributed by atoms with Crippen LogP contribution in [-0.4, -0.2) is 22.3 Å². The third kappa shape index (κ3) is 3.11. The fourth-order valence-corrected chi connectivity index (χ4v) is 2.15. The van der Waals surface area contributed by atoms with Gasteiger partial charge in [0, 0.05) is 24.2 Å². The maximum atomic E-state index is 4.64. The molecule has 1 fully saturated rings.